The number of nitrogens with one attached hydrogen (secondary N) is 1. The lowest BCUT2D eigenvalue weighted by Gasteiger charge is -2.37. The van der Waals surface area contributed by atoms with Gasteiger partial charge in [0, 0.05) is 25.7 Å². The van der Waals surface area contributed by atoms with Gasteiger partial charge in [0.1, 0.15) is 0 Å². The van der Waals surface area contributed by atoms with Crippen molar-refractivity contribution in [2.75, 3.05) is 26.2 Å². The molecule has 0 bridgehead atoms. The van der Waals surface area contributed by atoms with Gasteiger partial charge in [0.05, 0.1) is 6.42 Å². The van der Waals surface area contributed by atoms with E-state index >= 15 is 0 Å². The van der Waals surface area contributed by atoms with E-state index in [-0.39, 0.29) is 6.42 Å². The highest BCUT2D eigenvalue weighted by Crippen LogP contribution is 2.24. The topological polar surface area (TPSA) is 52.6 Å². The van der Waals surface area contributed by atoms with Crippen molar-refractivity contribution >= 4 is 5.97 Å². The number of nitrogens with zero attached hydrogens (tertiary/aromatic N) is 1. The molecule has 2 unspecified atom stereocenters. The van der Waals surface area contributed by atoms with Gasteiger partial charge in [-0.05, 0) is 37.6 Å². The van der Waals surface area contributed by atoms with Crippen molar-refractivity contribution in [2.24, 2.45) is 11.8 Å². The quantitative estimate of drug-likeness (QED) is 0.773. The normalized spacial score (nSPS) is 29.7. The Bertz CT molecular complexity index is 290. The number of hydrogen-bond donors (Lipinski definition) is 2. The summed E-state index contributed by atoms with van der Waals surface area (Å²) in [7, 11) is 0. The Morgan fingerprint density at radius 2 is 2.05 bits per heavy atom. The van der Waals surface area contributed by atoms with E-state index in [0.29, 0.717) is 18.5 Å². The molecule has 2 atom stereocenters. The van der Waals surface area contributed by atoms with E-state index in [4.69, 9.17) is 5.11 Å². The Morgan fingerprint density at radius 3 is 2.74 bits per heavy atom. The van der Waals surface area contributed by atoms with E-state index in [1.54, 1.807) is 0 Å². The molecule has 2 aliphatic rings. The third kappa shape index (κ3) is 5.11. The summed E-state index contributed by atoms with van der Waals surface area (Å²) in [6.07, 6.45) is 7.07. The first kappa shape index (κ1) is 14.8. The van der Waals surface area contributed by atoms with Crippen molar-refractivity contribution in [3.05, 3.63) is 0 Å². The number of hydrogen-bond acceptors (Lipinski definition) is 3. The highest BCUT2D eigenvalue weighted by atomic mass is 16.4. The molecule has 110 valence electrons. The van der Waals surface area contributed by atoms with Crippen LogP contribution < -0.4 is 5.32 Å². The monoisotopic (exact) mass is 268 g/mol. The number of rotatable bonds is 6. The molecule has 0 amide bonds. The zero-order valence-electron chi connectivity index (χ0n) is 12.1. The van der Waals surface area contributed by atoms with Gasteiger partial charge in [-0.3, -0.25) is 4.79 Å². The van der Waals surface area contributed by atoms with E-state index in [9.17, 15) is 4.79 Å². The fourth-order valence-corrected chi connectivity index (χ4v) is 3.59. The lowest BCUT2D eigenvalue weighted by atomic mass is 9.95. The van der Waals surface area contributed by atoms with Crippen LogP contribution in [0, 0.1) is 11.8 Å². The molecular weight excluding hydrogens is 240 g/mol. The van der Waals surface area contributed by atoms with Gasteiger partial charge in [-0.1, -0.05) is 19.8 Å². The van der Waals surface area contributed by atoms with E-state index < -0.39 is 5.97 Å². The summed E-state index contributed by atoms with van der Waals surface area (Å²) in [5.41, 5.74) is 0. The SMILES string of the molecule is CC1CC(NCC2CCCC2)CN(CCC(=O)O)C1. The lowest BCUT2D eigenvalue weighted by molar-refractivity contribution is -0.137. The predicted octanol–water partition coefficient (Wildman–Crippen LogP) is 1.95. The zero-order valence-corrected chi connectivity index (χ0v) is 12.1. The molecule has 1 heterocycles. The fraction of sp³-hybridized carbons (Fsp3) is 0.933. The second-order valence-corrected chi connectivity index (χ2v) is 6.50. The van der Waals surface area contributed by atoms with Crippen LogP contribution in [0.15, 0.2) is 0 Å². The summed E-state index contributed by atoms with van der Waals surface area (Å²) in [5, 5.41) is 12.5. The highest BCUT2D eigenvalue weighted by molar-refractivity contribution is 5.66. The van der Waals surface area contributed by atoms with Gasteiger partial charge >= 0.3 is 5.97 Å². The Labute approximate surface area is 116 Å². The van der Waals surface area contributed by atoms with Crippen LogP contribution in [0.5, 0.6) is 0 Å². The molecule has 0 spiro atoms. The number of likely N-dealkylation sites (tertiary alicyclic amines) is 1. The molecule has 0 aromatic carbocycles. The molecule has 0 aromatic rings. The molecule has 1 saturated carbocycles. The summed E-state index contributed by atoms with van der Waals surface area (Å²) in [6, 6.07) is 0.554. The molecule has 4 heteroatoms. The van der Waals surface area contributed by atoms with E-state index in [2.05, 4.69) is 17.1 Å². The van der Waals surface area contributed by atoms with Crippen molar-refractivity contribution < 1.29 is 9.90 Å². The van der Waals surface area contributed by atoms with Crippen molar-refractivity contribution in [3.8, 4) is 0 Å². The van der Waals surface area contributed by atoms with Gasteiger partial charge in [0.25, 0.3) is 0 Å². The van der Waals surface area contributed by atoms with Crippen LogP contribution in [-0.2, 0) is 4.79 Å². The predicted molar refractivity (Wildman–Crippen MR) is 76.2 cm³/mol. The Balaban J connectivity index is 1.71. The third-order valence-corrected chi connectivity index (χ3v) is 4.55. The summed E-state index contributed by atoms with van der Waals surface area (Å²) in [5.74, 6) is 0.863. The van der Waals surface area contributed by atoms with Crippen LogP contribution >= 0.6 is 0 Å². The second kappa shape index (κ2) is 7.25. The fourth-order valence-electron chi connectivity index (χ4n) is 3.59. The van der Waals surface area contributed by atoms with Crippen molar-refractivity contribution in [2.45, 2.75) is 51.5 Å². The van der Waals surface area contributed by atoms with Crippen LogP contribution in [0.1, 0.15) is 45.4 Å². The minimum absolute atomic E-state index is 0.266. The van der Waals surface area contributed by atoms with Crippen LogP contribution in [0.25, 0.3) is 0 Å². The molecule has 4 nitrogen and oxygen atoms in total. The van der Waals surface area contributed by atoms with Crippen molar-refractivity contribution in [3.63, 3.8) is 0 Å². The molecule has 2 fully saturated rings. The molecule has 1 aliphatic heterocycles. The smallest absolute Gasteiger partial charge is 0.304 e. The van der Waals surface area contributed by atoms with E-state index in [0.717, 1.165) is 25.6 Å². The molecule has 2 rings (SSSR count). The van der Waals surface area contributed by atoms with Gasteiger partial charge in [-0.25, -0.2) is 0 Å². The summed E-state index contributed by atoms with van der Waals surface area (Å²) < 4.78 is 0. The average molecular weight is 268 g/mol. The molecule has 19 heavy (non-hydrogen) atoms. The first-order valence-corrected chi connectivity index (χ1v) is 7.81. The molecule has 0 aromatic heterocycles. The largest absolute Gasteiger partial charge is 0.481 e. The highest BCUT2D eigenvalue weighted by Gasteiger charge is 2.25. The van der Waals surface area contributed by atoms with Crippen LogP contribution in [0.2, 0.25) is 0 Å². The number of carboxylic acids is 1. The summed E-state index contributed by atoms with van der Waals surface area (Å²) in [4.78, 5) is 13.0. The Morgan fingerprint density at radius 1 is 1.32 bits per heavy atom. The number of aliphatic carboxylic acids is 1. The summed E-state index contributed by atoms with van der Waals surface area (Å²) in [6.45, 7) is 6.20. The third-order valence-electron chi connectivity index (χ3n) is 4.55. The number of carbonyl (C=O) groups is 1. The van der Waals surface area contributed by atoms with Gasteiger partial charge < -0.3 is 15.3 Å². The number of carboxylic acid groups (broad SMARTS) is 1. The van der Waals surface area contributed by atoms with E-state index in [1.165, 1.54) is 32.1 Å². The molecule has 2 N–H and O–H groups in total. The summed E-state index contributed by atoms with van der Waals surface area (Å²) >= 11 is 0. The van der Waals surface area contributed by atoms with Gasteiger partial charge in [0.15, 0.2) is 0 Å². The standard InChI is InChI=1S/C15H28N2O2/c1-12-8-14(16-9-13-4-2-3-5-13)11-17(10-12)7-6-15(18)19/h12-14,16H,2-11H2,1H3,(H,18,19). The van der Waals surface area contributed by atoms with Crippen LogP contribution in [0.3, 0.4) is 0 Å². The van der Waals surface area contributed by atoms with Crippen LogP contribution in [0.4, 0.5) is 0 Å². The average Bonchev–Trinajstić information content (AvgIpc) is 2.86. The number of piperidine rings is 1. The Kier molecular flexibility index (Phi) is 5.64. The molecular formula is C15H28N2O2. The molecule has 1 saturated heterocycles. The second-order valence-electron chi connectivity index (χ2n) is 6.50. The first-order chi connectivity index (χ1) is 9.13. The molecule has 0 radical (unpaired) electrons. The van der Waals surface area contributed by atoms with Crippen molar-refractivity contribution in [1.82, 2.24) is 10.2 Å². The van der Waals surface area contributed by atoms with E-state index in [1.807, 2.05) is 0 Å². The van der Waals surface area contributed by atoms with Gasteiger partial charge in [-0.15, -0.1) is 0 Å². The molecule has 1 aliphatic carbocycles. The minimum atomic E-state index is -0.686. The van der Waals surface area contributed by atoms with Crippen molar-refractivity contribution in [1.29, 1.82) is 0 Å². The van der Waals surface area contributed by atoms with Gasteiger partial charge in [0.2, 0.25) is 0 Å². The maximum atomic E-state index is 10.7. The minimum Gasteiger partial charge on any atom is -0.481 e. The zero-order chi connectivity index (χ0) is 13.7. The maximum absolute atomic E-state index is 10.7. The Hall–Kier alpha value is -0.610. The van der Waals surface area contributed by atoms with Gasteiger partial charge in [-0.2, -0.15) is 0 Å². The maximum Gasteiger partial charge on any atom is 0.304 e. The first-order valence-electron chi connectivity index (χ1n) is 7.81. The van der Waals surface area contributed by atoms with Crippen LogP contribution in [-0.4, -0.2) is 48.2 Å². The lowest BCUT2D eigenvalue weighted by Crippen LogP contribution is -2.49.